The molecule has 0 spiro atoms. The predicted octanol–water partition coefficient (Wildman–Crippen LogP) is 3.05. The molecular formula is C21H21N5O. The number of para-hydroxylation sites is 2. The van der Waals surface area contributed by atoms with Gasteiger partial charge >= 0.3 is 0 Å². The van der Waals surface area contributed by atoms with Gasteiger partial charge in [0, 0.05) is 26.3 Å². The monoisotopic (exact) mass is 359 g/mol. The van der Waals surface area contributed by atoms with E-state index in [9.17, 15) is 4.79 Å². The van der Waals surface area contributed by atoms with Crippen LogP contribution in [-0.4, -0.2) is 43.7 Å². The van der Waals surface area contributed by atoms with Gasteiger partial charge in [-0.3, -0.25) is 9.48 Å². The number of amides is 1. The van der Waals surface area contributed by atoms with Gasteiger partial charge in [0.05, 0.1) is 35.7 Å². The Hall–Kier alpha value is -3.41. The molecule has 2 heterocycles. The van der Waals surface area contributed by atoms with Crippen LogP contribution in [0.2, 0.25) is 0 Å². The molecule has 0 atom stereocenters. The molecule has 2 aromatic heterocycles. The number of carbonyl (C=O) groups excluding carboxylic acids is 1. The number of hydrogen-bond acceptors (Lipinski definition) is 3. The molecule has 1 amide bonds. The number of likely N-dealkylation sites (N-methyl/N-ethyl adjacent to an activating group) is 1. The van der Waals surface area contributed by atoms with Gasteiger partial charge in [0.2, 0.25) is 0 Å². The van der Waals surface area contributed by atoms with Crippen LogP contribution >= 0.6 is 0 Å². The Morgan fingerprint density at radius 2 is 1.85 bits per heavy atom. The third-order valence-corrected chi connectivity index (χ3v) is 4.62. The van der Waals surface area contributed by atoms with Gasteiger partial charge in [-0.2, -0.15) is 5.10 Å². The van der Waals surface area contributed by atoms with E-state index >= 15 is 0 Å². The first kappa shape index (κ1) is 17.0. The van der Waals surface area contributed by atoms with Crippen molar-refractivity contribution in [3.8, 4) is 0 Å². The second kappa shape index (κ2) is 7.45. The summed E-state index contributed by atoms with van der Waals surface area (Å²) < 4.78 is 3.86. The summed E-state index contributed by atoms with van der Waals surface area (Å²) in [6, 6.07) is 18.1. The maximum absolute atomic E-state index is 12.7. The van der Waals surface area contributed by atoms with E-state index < -0.39 is 0 Å². The number of carbonyl (C=O) groups is 1. The van der Waals surface area contributed by atoms with E-state index in [-0.39, 0.29) is 5.91 Å². The summed E-state index contributed by atoms with van der Waals surface area (Å²) in [4.78, 5) is 18.8. The Labute approximate surface area is 157 Å². The highest BCUT2D eigenvalue weighted by Crippen LogP contribution is 2.12. The lowest BCUT2D eigenvalue weighted by Crippen LogP contribution is -2.29. The van der Waals surface area contributed by atoms with Gasteiger partial charge in [-0.25, -0.2) is 4.98 Å². The van der Waals surface area contributed by atoms with Crippen molar-refractivity contribution in [2.75, 3.05) is 13.6 Å². The van der Waals surface area contributed by atoms with Crippen LogP contribution in [0.15, 0.2) is 73.3 Å². The molecule has 6 nitrogen and oxygen atoms in total. The Kier molecular flexibility index (Phi) is 4.70. The molecule has 0 aliphatic heterocycles. The number of hydrogen-bond donors (Lipinski definition) is 0. The summed E-state index contributed by atoms with van der Waals surface area (Å²) in [5.41, 5.74) is 3.80. The first-order valence-electron chi connectivity index (χ1n) is 8.92. The minimum absolute atomic E-state index is 0.0290. The SMILES string of the molecule is CN(CCn1cnc2ccccc21)C(=O)c1cnn(Cc2ccccc2)c1. The van der Waals surface area contributed by atoms with E-state index in [1.54, 1.807) is 22.0 Å². The van der Waals surface area contributed by atoms with Crippen molar-refractivity contribution < 1.29 is 4.79 Å². The third-order valence-electron chi connectivity index (χ3n) is 4.62. The lowest BCUT2D eigenvalue weighted by atomic mass is 10.2. The summed E-state index contributed by atoms with van der Waals surface area (Å²) in [7, 11) is 1.82. The predicted molar refractivity (Wildman–Crippen MR) is 104 cm³/mol. The molecule has 0 fully saturated rings. The number of benzene rings is 2. The molecule has 0 bridgehead atoms. The van der Waals surface area contributed by atoms with Gasteiger partial charge in [-0.15, -0.1) is 0 Å². The second-order valence-corrected chi connectivity index (χ2v) is 6.57. The van der Waals surface area contributed by atoms with Crippen molar-refractivity contribution in [3.63, 3.8) is 0 Å². The van der Waals surface area contributed by atoms with E-state index in [1.807, 2.05) is 68.0 Å². The zero-order valence-electron chi connectivity index (χ0n) is 15.2. The van der Waals surface area contributed by atoms with Crippen molar-refractivity contribution in [3.05, 3.63) is 84.4 Å². The van der Waals surface area contributed by atoms with Gasteiger partial charge in [-0.05, 0) is 17.7 Å². The molecule has 2 aromatic carbocycles. The van der Waals surface area contributed by atoms with Gasteiger partial charge in [0.15, 0.2) is 0 Å². The fraction of sp³-hybridized carbons (Fsp3) is 0.190. The number of imidazole rings is 1. The second-order valence-electron chi connectivity index (χ2n) is 6.57. The first-order valence-corrected chi connectivity index (χ1v) is 8.92. The van der Waals surface area contributed by atoms with E-state index in [2.05, 4.69) is 14.6 Å². The molecule has 0 aliphatic carbocycles. The molecule has 4 aromatic rings. The van der Waals surface area contributed by atoms with Crippen LogP contribution in [0, 0.1) is 0 Å². The van der Waals surface area contributed by atoms with Crippen molar-refractivity contribution in [1.82, 2.24) is 24.2 Å². The minimum Gasteiger partial charge on any atom is -0.340 e. The van der Waals surface area contributed by atoms with Crippen LogP contribution < -0.4 is 0 Å². The molecule has 0 radical (unpaired) electrons. The van der Waals surface area contributed by atoms with Crippen molar-refractivity contribution in [2.45, 2.75) is 13.1 Å². The fourth-order valence-electron chi connectivity index (χ4n) is 3.10. The standard InChI is InChI=1S/C21H21N5O/c1-24(11-12-25-16-22-19-9-5-6-10-20(19)25)21(27)18-13-23-26(15-18)14-17-7-3-2-4-8-17/h2-10,13,15-16H,11-12,14H2,1H3. The maximum atomic E-state index is 12.7. The summed E-state index contributed by atoms with van der Waals surface area (Å²) in [5, 5.41) is 4.32. The van der Waals surface area contributed by atoms with Gasteiger partial charge in [0.1, 0.15) is 0 Å². The Morgan fingerprint density at radius 1 is 1.07 bits per heavy atom. The molecule has 136 valence electrons. The minimum atomic E-state index is -0.0290. The molecule has 4 rings (SSSR count). The van der Waals surface area contributed by atoms with E-state index in [0.29, 0.717) is 25.2 Å². The van der Waals surface area contributed by atoms with Gasteiger partial charge in [0.25, 0.3) is 5.91 Å². The topological polar surface area (TPSA) is 56.0 Å². The fourth-order valence-corrected chi connectivity index (χ4v) is 3.10. The molecule has 6 heteroatoms. The number of rotatable bonds is 6. The number of aromatic nitrogens is 4. The lowest BCUT2D eigenvalue weighted by molar-refractivity contribution is 0.0790. The Balaban J connectivity index is 1.39. The highest BCUT2D eigenvalue weighted by atomic mass is 16.2. The van der Waals surface area contributed by atoms with Crippen molar-refractivity contribution in [1.29, 1.82) is 0 Å². The summed E-state index contributed by atoms with van der Waals surface area (Å²) >= 11 is 0. The van der Waals surface area contributed by atoms with Crippen LogP contribution in [0.4, 0.5) is 0 Å². The van der Waals surface area contributed by atoms with Crippen molar-refractivity contribution >= 4 is 16.9 Å². The summed E-state index contributed by atoms with van der Waals surface area (Å²) in [6.07, 6.45) is 5.26. The maximum Gasteiger partial charge on any atom is 0.256 e. The Morgan fingerprint density at radius 3 is 2.70 bits per heavy atom. The van der Waals surface area contributed by atoms with Crippen LogP contribution in [0.25, 0.3) is 11.0 Å². The highest BCUT2D eigenvalue weighted by Gasteiger charge is 2.14. The van der Waals surface area contributed by atoms with E-state index in [0.717, 1.165) is 16.6 Å². The average Bonchev–Trinajstić information content (AvgIpc) is 3.33. The molecule has 0 unspecified atom stereocenters. The molecule has 0 saturated carbocycles. The lowest BCUT2D eigenvalue weighted by Gasteiger charge is -2.16. The van der Waals surface area contributed by atoms with Crippen LogP contribution in [0.3, 0.4) is 0 Å². The summed E-state index contributed by atoms with van der Waals surface area (Å²) in [5.74, 6) is -0.0290. The van der Waals surface area contributed by atoms with Crippen LogP contribution in [-0.2, 0) is 13.1 Å². The quantitative estimate of drug-likeness (QED) is 0.532. The molecule has 0 N–H and O–H groups in total. The average molecular weight is 359 g/mol. The summed E-state index contributed by atoms with van der Waals surface area (Å²) in [6.45, 7) is 1.95. The molecule has 0 saturated heterocycles. The smallest absolute Gasteiger partial charge is 0.256 e. The Bertz CT molecular complexity index is 1050. The number of nitrogens with zero attached hydrogens (tertiary/aromatic N) is 5. The van der Waals surface area contributed by atoms with Gasteiger partial charge < -0.3 is 9.47 Å². The highest BCUT2D eigenvalue weighted by molar-refractivity contribution is 5.93. The van der Waals surface area contributed by atoms with E-state index in [1.165, 1.54) is 0 Å². The molecule has 27 heavy (non-hydrogen) atoms. The third kappa shape index (κ3) is 3.74. The zero-order chi connectivity index (χ0) is 18.6. The zero-order valence-corrected chi connectivity index (χ0v) is 15.2. The first-order chi connectivity index (χ1) is 13.2. The van der Waals surface area contributed by atoms with Crippen molar-refractivity contribution in [2.24, 2.45) is 0 Å². The van der Waals surface area contributed by atoms with Crippen LogP contribution in [0.5, 0.6) is 0 Å². The normalized spacial score (nSPS) is 11.0. The largest absolute Gasteiger partial charge is 0.340 e. The van der Waals surface area contributed by atoms with E-state index in [4.69, 9.17) is 0 Å². The molecule has 0 aliphatic rings. The van der Waals surface area contributed by atoms with Gasteiger partial charge in [-0.1, -0.05) is 42.5 Å². The molecular weight excluding hydrogens is 338 g/mol. The van der Waals surface area contributed by atoms with Crippen LogP contribution in [0.1, 0.15) is 15.9 Å². The number of fused-ring (bicyclic) bond motifs is 1.